The van der Waals surface area contributed by atoms with Crippen molar-refractivity contribution in [1.82, 2.24) is 5.32 Å². The van der Waals surface area contributed by atoms with Gasteiger partial charge < -0.3 is 14.8 Å². The number of nitrogens with one attached hydrogen (secondary N) is 1. The van der Waals surface area contributed by atoms with E-state index in [9.17, 15) is 0 Å². The molecule has 1 atom stereocenters. The topological polar surface area (TPSA) is 30.5 Å². The van der Waals surface area contributed by atoms with Crippen molar-refractivity contribution >= 4 is 22.9 Å². The van der Waals surface area contributed by atoms with Crippen molar-refractivity contribution in [2.24, 2.45) is 0 Å². The number of thiophene rings is 1. The van der Waals surface area contributed by atoms with Crippen LogP contribution in [-0.2, 0) is 6.54 Å². The zero-order valence-electron chi connectivity index (χ0n) is 11.8. The molecular formula is C15H18ClNO2S. The summed E-state index contributed by atoms with van der Waals surface area (Å²) in [5, 5.41) is 3.47. The summed E-state index contributed by atoms with van der Waals surface area (Å²) in [7, 11) is 3.31. The fourth-order valence-corrected chi connectivity index (χ4v) is 2.99. The van der Waals surface area contributed by atoms with Crippen LogP contribution in [0.4, 0.5) is 0 Å². The summed E-state index contributed by atoms with van der Waals surface area (Å²) >= 11 is 7.56. The summed E-state index contributed by atoms with van der Waals surface area (Å²) in [6, 6.07) is 10.1. The second kappa shape index (κ2) is 6.97. The first-order chi connectivity index (χ1) is 9.62. The zero-order valence-corrected chi connectivity index (χ0v) is 13.3. The fraction of sp³-hybridized carbons (Fsp3) is 0.333. The molecule has 2 rings (SSSR count). The van der Waals surface area contributed by atoms with Crippen LogP contribution in [0.2, 0.25) is 4.34 Å². The number of ether oxygens (including phenoxy) is 2. The maximum Gasteiger partial charge on any atom is 0.122 e. The number of methoxy groups -OCH3 is 2. The Morgan fingerprint density at radius 2 is 1.80 bits per heavy atom. The molecule has 0 bridgehead atoms. The number of halogens is 1. The van der Waals surface area contributed by atoms with E-state index >= 15 is 0 Å². The molecule has 1 N–H and O–H groups in total. The molecule has 20 heavy (non-hydrogen) atoms. The van der Waals surface area contributed by atoms with Gasteiger partial charge >= 0.3 is 0 Å². The van der Waals surface area contributed by atoms with Crippen LogP contribution in [0.15, 0.2) is 30.3 Å². The molecule has 0 saturated carbocycles. The molecule has 0 spiro atoms. The fourth-order valence-electron chi connectivity index (χ4n) is 1.90. The Morgan fingerprint density at radius 3 is 2.30 bits per heavy atom. The van der Waals surface area contributed by atoms with Crippen molar-refractivity contribution in [2.45, 2.75) is 19.5 Å². The second-order valence-electron chi connectivity index (χ2n) is 4.47. The quantitative estimate of drug-likeness (QED) is 0.864. The standard InChI is InChI=1S/C15H18ClNO2S/c1-10(14-4-5-15(16)20-14)17-9-11-6-12(18-2)8-13(7-11)19-3/h4-8,10,17H,9H2,1-3H3. The smallest absolute Gasteiger partial charge is 0.122 e. The third-order valence-electron chi connectivity index (χ3n) is 3.04. The van der Waals surface area contributed by atoms with Gasteiger partial charge in [0.15, 0.2) is 0 Å². The Balaban J connectivity index is 2.03. The molecule has 108 valence electrons. The van der Waals surface area contributed by atoms with E-state index < -0.39 is 0 Å². The van der Waals surface area contributed by atoms with E-state index in [-0.39, 0.29) is 6.04 Å². The van der Waals surface area contributed by atoms with E-state index in [1.54, 1.807) is 25.6 Å². The first-order valence-corrected chi connectivity index (χ1v) is 7.52. The van der Waals surface area contributed by atoms with E-state index in [4.69, 9.17) is 21.1 Å². The van der Waals surface area contributed by atoms with E-state index in [1.165, 1.54) is 4.88 Å². The lowest BCUT2D eigenvalue weighted by Crippen LogP contribution is -2.17. The van der Waals surface area contributed by atoms with Crippen molar-refractivity contribution < 1.29 is 9.47 Å². The Labute approximate surface area is 128 Å². The molecule has 0 fully saturated rings. The molecule has 0 saturated heterocycles. The highest BCUT2D eigenvalue weighted by atomic mass is 35.5. The number of rotatable bonds is 6. The minimum Gasteiger partial charge on any atom is -0.497 e. The van der Waals surface area contributed by atoms with Crippen molar-refractivity contribution in [3.63, 3.8) is 0 Å². The molecule has 0 aliphatic carbocycles. The van der Waals surface area contributed by atoms with Gasteiger partial charge in [-0.25, -0.2) is 0 Å². The predicted molar refractivity (Wildman–Crippen MR) is 84.1 cm³/mol. The first kappa shape index (κ1) is 15.2. The molecular weight excluding hydrogens is 294 g/mol. The van der Waals surface area contributed by atoms with Crippen molar-refractivity contribution in [2.75, 3.05) is 14.2 Å². The number of hydrogen-bond acceptors (Lipinski definition) is 4. The summed E-state index contributed by atoms with van der Waals surface area (Å²) in [4.78, 5) is 1.23. The molecule has 5 heteroatoms. The number of benzene rings is 1. The molecule has 0 radical (unpaired) electrons. The first-order valence-electron chi connectivity index (χ1n) is 6.33. The van der Waals surface area contributed by atoms with Gasteiger partial charge in [0.2, 0.25) is 0 Å². The normalized spacial score (nSPS) is 12.2. The highest BCUT2D eigenvalue weighted by Crippen LogP contribution is 2.27. The van der Waals surface area contributed by atoms with Crippen molar-refractivity contribution in [3.05, 3.63) is 45.1 Å². The number of hydrogen-bond donors (Lipinski definition) is 1. The van der Waals surface area contributed by atoms with Crippen LogP contribution < -0.4 is 14.8 Å². The van der Waals surface area contributed by atoms with Crippen LogP contribution in [0, 0.1) is 0 Å². The maximum absolute atomic E-state index is 5.96. The molecule has 1 heterocycles. The lowest BCUT2D eigenvalue weighted by Gasteiger charge is -2.13. The van der Waals surface area contributed by atoms with Gasteiger partial charge in [-0.1, -0.05) is 11.6 Å². The summed E-state index contributed by atoms with van der Waals surface area (Å²) < 4.78 is 11.4. The van der Waals surface area contributed by atoms with Crippen LogP contribution in [0.25, 0.3) is 0 Å². The SMILES string of the molecule is COc1cc(CNC(C)c2ccc(Cl)s2)cc(OC)c1. The lowest BCUT2D eigenvalue weighted by atomic mass is 10.2. The van der Waals surface area contributed by atoms with E-state index in [1.807, 2.05) is 24.3 Å². The van der Waals surface area contributed by atoms with Gasteiger partial charge in [0.25, 0.3) is 0 Å². The highest BCUT2D eigenvalue weighted by Gasteiger charge is 2.08. The Hall–Kier alpha value is -1.23. The molecule has 1 unspecified atom stereocenters. The van der Waals surface area contributed by atoms with E-state index in [2.05, 4.69) is 18.3 Å². The second-order valence-corrected chi connectivity index (χ2v) is 6.21. The van der Waals surface area contributed by atoms with Gasteiger partial charge in [-0.2, -0.15) is 0 Å². The average Bonchev–Trinajstić information content (AvgIpc) is 2.91. The molecule has 1 aromatic carbocycles. The summed E-state index contributed by atoms with van der Waals surface area (Å²) in [5.41, 5.74) is 1.12. The average molecular weight is 312 g/mol. The highest BCUT2D eigenvalue weighted by molar-refractivity contribution is 7.16. The van der Waals surface area contributed by atoms with Crippen LogP contribution in [0.3, 0.4) is 0 Å². The Kier molecular flexibility index (Phi) is 5.29. The van der Waals surface area contributed by atoms with Gasteiger partial charge in [0, 0.05) is 23.5 Å². The Morgan fingerprint density at radius 1 is 1.15 bits per heavy atom. The van der Waals surface area contributed by atoms with Crippen LogP contribution in [-0.4, -0.2) is 14.2 Å². The molecule has 0 aliphatic rings. The Bertz CT molecular complexity index is 549. The zero-order chi connectivity index (χ0) is 14.5. The molecule has 0 amide bonds. The maximum atomic E-state index is 5.96. The molecule has 3 nitrogen and oxygen atoms in total. The van der Waals surface area contributed by atoms with Gasteiger partial charge in [0.1, 0.15) is 11.5 Å². The third kappa shape index (κ3) is 3.88. The minimum atomic E-state index is 0.254. The monoisotopic (exact) mass is 311 g/mol. The predicted octanol–water partition coefficient (Wildman–Crippen LogP) is 4.27. The summed E-state index contributed by atoms with van der Waals surface area (Å²) in [5.74, 6) is 1.60. The van der Waals surface area contributed by atoms with Gasteiger partial charge in [-0.15, -0.1) is 11.3 Å². The van der Waals surface area contributed by atoms with Crippen LogP contribution in [0.1, 0.15) is 23.4 Å². The van der Waals surface area contributed by atoms with Gasteiger partial charge in [0.05, 0.1) is 18.6 Å². The van der Waals surface area contributed by atoms with Crippen molar-refractivity contribution in [3.8, 4) is 11.5 Å². The van der Waals surface area contributed by atoms with E-state index in [0.29, 0.717) is 0 Å². The lowest BCUT2D eigenvalue weighted by molar-refractivity contribution is 0.393. The van der Waals surface area contributed by atoms with E-state index in [0.717, 1.165) is 27.9 Å². The van der Waals surface area contributed by atoms with Gasteiger partial charge in [-0.05, 0) is 36.8 Å². The van der Waals surface area contributed by atoms with Crippen LogP contribution in [0.5, 0.6) is 11.5 Å². The summed E-state index contributed by atoms with van der Waals surface area (Å²) in [6.07, 6.45) is 0. The van der Waals surface area contributed by atoms with Crippen LogP contribution >= 0.6 is 22.9 Å². The minimum absolute atomic E-state index is 0.254. The molecule has 1 aromatic heterocycles. The van der Waals surface area contributed by atoms with Crippen molar-refractivity contribution in [1.29, 1.82) is 0 Å². The van der Waals surface area contributed by atoms with Gasteiger partial charge in [-0.3, -0.25) is 0 Å². The summed E-state index contributed by atoms with van der Waals surface area (Å²) in [6.45, 7) is 2.86. The molecule has 2 aromatic rings. The third-order valence-corrected chi connectivity index (χ3v) is 4.46. The largest absolute Gasteiger partial charge is 0.497 e. The molecule has 0 aliphatic heterocycles.